The summed E-state index contributed by atoms with van der Waals surface area (Å²) in [6.45, 7) is 7.98. The number of rotatable bonds is 3. The molecule has 2 unspecified atom stereocenters. The maximum atomic E-state index is 10.9. The predicted molar refractivity (Wildman–Crippen MR) is 81.7 cm³/mol. The molecule has 108 valence electrons. The lowest BCUT2D eigenvalue weighted by Crippen LogP contribution is -2.54. The Balaban J connectivity index is 2.39. The third-order valence-corrected chi connectivity index (χ3v) is 3.31. The number of carbonyl (C=O) groups is 1. The van der Waals surface area contributed by atoms with E-state index in [1.165, 1.54) is 0 Å². The number of aromatic nitrogens is 1. The molecular formula is C15H22N4O. The van der Waals surface area contributed by atoms with Crippen molar-refractivity contribution in [3.8, 4) is 0 Å². The molecule has 1 aliphatic heterocycles. The van der Waals surface area contributed by atoms with Gasteiger partial charge in [-0.15, -0.1) is 0 Å². The Kier molecular flexibility index (Phi) is 4.39. The van der Waals surface area contributed by atoms with Crippen LogP contribution < -0.4 is 16.0 Å². The molecule has 2 rings (SSSR count). The van der Waals surface area contributed by atoms with Gasteiger partial charge in [-0.3, -0.25) is 4.79 Å². The lowest BCUT2D eigenvalue weighted by molar-refractivity contribution is 0.111. The van der Waals surface area contributed by atoms with Gasteiger partial charge in [-0.25, -0.2) is 4.98 Å². The summed E-state index contributed by atoms with van der Waals surface area (Å²) in [6.07, 6.45) is 2.58. The molecule has 1 fully saturated rings. The number of hydrogen-bond donors (Lipinski definition) is 2. The third-order valence-electron chi connectivity index (χ3n) is 3.31. The van der Waals surface area contributed by atoms with E-state index in [9.17, 15) is 4.79 Å². The molecule has 2 atom stereocenters. The summed E-state index contributed by atoms with van der Waals surface area (Å²) in [4.78, 5) is 17.6. The molecule has 5 heteroatoms. The van der Waals surface area contributed by atoms with Gasteiger partial charge in [0.2, 0.25) is 0 Å². The first-order valence-electron chi connectivity index (χ1n) is 6.90. The van der Waals surface area contributed by atoms with Crippen molar-refractivity contribution >= 4 is 18.0 Å². The molecule has 1 aromatic heterocycles. The Hall–Kier alpha value is -1.88. The van der Waals surface area contributed by atoms with Crippen LogP contribution in [0.25, 0.3) is 6.08 Å². The molecule has 1 aromatic rings. The summed E-state index contributed by atoms with van der Waals surface area (Å²) in [5.41, 5.74) is 8.67. The fourth-order valence-electron chi connectivity index (χ4n) is 2.66. The van der Waals surface area contributed by atoms with Crippen LogP contribution in [0.2, 0.25) is 0 Å². The van der Waals surface area contributed by atoms with Gasteiger partial charge in [0.15, 0.2) is 6.29 Å². The van der Waals surface area contributed by atoms with Crippen molar-refractivity contribution in [2.75, 3.05) is 18.0 Å². The van der Waals surface area contributed by atoms with Gasteiger partial charge < -0.3 is 16.0 Å². The maximum Gasteiger partial charge on any atom is 0.168 e. The molecule has 3 N–H and O–H groups in total. The zero-order chi connectivity index (χ0) is 14.7. The van der Waals surface area contributed by atoms with Crippen molar-refractivity contribution in [1.82, 2.24) is 10.3 Å². The SMILES string of the molecule is C/C(N)=C/c1nc(C=O)ccc1N1CC(C)NC(C)C1. The number of nitrogens with zero attached hydrogens (tertiary/aromatic N) is 2. The Bertz CT molecular complexity index is 513. The highest BCUT2D eigenvalue weighted by atomic mass is 16.1. The van der Waals surface area contributed by atoms with Crippen LogP contribution in [0, 0.1) is 0 Å². The largest absolute Gasteiger partial charge is 0.402 e. The number of pyridine rings is 1. The molecule has 0 aliphatic carbocycles. The molecule has 20 heavy (non-hydrogen) atoms. The molecule has 0 aromatic carbocycles. The second kappa shape index (κ2) is 6.05. The van der Waals surface area contributed by atoms with E-state index in [-0.39, 0.29) is 0 Å². The molecule has 0 amide bonds. The predicted octanol–water partition coefficient (Wildman–Crippen LogP) is 1.40. The molecule has 1 saturated heterocycles. The Labute approximate surface area is 119 Å². The summed E-state index contributed by atoms with van der Waals surface area (Å²) >= 11 is 0. The van der Waals surface area contributed by atoms with Gasteiger partial charge in [-0.1, -0.05) is 0 Å². The van der Waals surface area contributed by atoms with Gasteiger partial charge in [0.1, 0.15) is 5.69 Å². The molecule has 0 spiro atoms. The van der Waals surface area contributed by atoms with Crippen molar-refractivity contribution in [3.63, 3.8) is 0 Å². The van der Waals surface area contributed by atoms with E-state index >= 15 is 0 Å². The van der Waals surface area contributed by atoms with Crippen LogP contribution in [0.4, 0.5) is 5.69 Å². The van der Waals surface area contributed by atoms with E-state index < -0.39 is 0 Å². The topological polar surface area (TPSA) is 71.2 Å². The quantitative estimate of drug-likeness (QED) is 0.815. The monoisotopic (exact) mass is 274 g/mol. The van der Waals surface area contributed by atoms with Gasteiger partial charge in [0.25, 0.3) is 0 Å². The second-order valence-electron chi connectivity index (χ2n) is 5.52. The normalized spacial score (nSPS) is 23.8. The molecule has 1 aliphatic rings. The third kappa shape index (κ3) is 3.36. The number of nitrogens with one attached hydrogen (secondary N) is 1. The first-order chi connectivity index (χ1) is 9.49. The lowest BCUT2D eigenvalue weighted by Gasteiger charge is -2.38. The van der Waals surface area contributed by atoms with Crippen molar-refractivity contribution in [2.45, 2.75) is 32.9 Å². The van der Waals surface area contributed by atoms with Crippen LogP contribution in [0.3, 0.4) is 0 Å². The average molecular weight is 274 g/mol. The van der Waals surface area contributed by atoms with E-state index in [1.54, 1.807) is 6.07 Å². The van der Waals surface area contributed by atoms with Gasteiger partial charge in [0, 0.05) is 30.9 Å². The van der Waals surface area contributed by atoms with Crippen LogP contribution in [-0.4, -0.2) is 36.4 Å². The lowest BCUT2D eigenvalue weighted by atomic mass is 10.1. The first kappa shape index (κ1) is 14.5. The summed E-state index contributed by atoms with van der Waals surface area (Å²) < 4.78 is 0. The zero-order valence-electron chi connectivity index (χ0n) is 12.3. The van der Waals surface area contributed by atoms with E-state index in [1.807, 2.05) is 19.1 Å². The molecule has 0 radical (unpaired) electrons. The summed E-state index contributed by atoms with van der Waals surface area (Å²) in [5, 5.41) is 3.50. The first-order valence-corrected chi connectivity index (χ1v) is 6.90. The van der Waals surface area contributed by atoms with Crippen LogP contribution in [-0.2, 0) is 0 Å². The van der Waals surface area contributed by atoms with Crippen LogP contribution >= 0.6 is 0 Å². The molecular weight excluding hydrogens is 252 g/mol. The van der Waals surface area contributed by atoms with Gasteiger partial charge in [0.05, 0.1) is 11.4 Å². The molecule has 5 nitrogen and oxygen atoms in total. The van der Waals surface area contributed by atoms with Crippen LogP contribution in [0.1, 0.15) is 37.0 Å². The summed E-state index contributed by atoms with van der Waals surface area (Å²) in [7, 11) is 0. The number of anilines is 1. The van der Waals surface area contributed by atoms with E-state index in [2.05, 4.69) is 29.0 Å². The minimum atomic E-state index is 0.417. The highest BCUT2D eigenvalue weighted by Crippen LogP contribution is 2.23. The highest BCUT2D eigenvalue weighted by Gasteiger charge is 2.23. The number of nitrogens with two attached hydrogens (primary N) is 1. The summed E-state index contributed by atoms with van der Waals surface area (Å²) in [5.74, 6) is 0. The zero-order valence-corrected chi connectivity index (χ0v) is 12.3. The Morgan fingerprint density at radius 1 is 1.40 bits per heavy atom. The fraction of sp³-hybridized carbons (Fsp3) is 0.467. The van der Waals surface area contributed by atoms with E-state index in [0.717, 1.165) is 30.8 Å². The fourth-order valence-corrected chi connectivity index (χ4v) is 2.66. The molecule has 2 heterocycles. The van der Waals surface area contributed by atoms with E-state index in [0.29, 0.717) is 23.5 Å². The molecule has 0 bridgehead atoms. The molecule has 0 saturated carbocycles. The van der Waals surface area contributed by atoms with Crippen molar-refractivity contribution in [2.24, 2.45) is 5.73 Å². The standard InChI is InChI=1S/C15H22N4O/c1-10(16)6-14-15(5-4-13(9-20)18-14)19-7-11(2)17-12(3)8-19/h4-6,9,11-12,17H,7-8,16H2,1-3H3/b10-6-. The minimum absolute atomic E-state index is 0.417. The van der Waals surface area contributed by atoms with Gasteiger partial charge >= 0.3 is 0 Å². The van der Waals surface area contributed by atoms with Gasteiger partial charge in [-0.05, 0) is 39.0 Å². The van der Waals surface area contributed by atoms with Crippen LogP contribution in [0.5, 0.6) is 0 Å². The smallest absolute Gasteiger partial charge is 0.168 e. The number of carbonyl (C=O) groups excluding carboxylic acids is 1. The number of aldehydes is 1. The van der Waals surface area contributed by atoms with Crippen molar-refractivity contribution in [3.05, 3.63) is 29.2 Å². The second-order valence-corrected chi connectivity index (χ2v) is 5.52. The van der Waals surface area contributed by atoms with Gasteiger partial charge in [-0.2, -0.15) is 0 Å². The average Bonchev–Trinajstić information content (AvgIpc) is 2.36. The van der Waals surface area contributed by atoms with Crippen molar-refractivity contribution in [1.29, 1.82) is 0 Å². The number of hydrogen-bond acceptors (Lipinski definition) is 5. The maximum absolute atomic E-state index is 10.9. The van der Waals surface area contributed by atoms with E-state index in [4.69, 9.17) is 5.73 Å². The highest BCUT2D eigenvalue weighted by molar-refractivity contribution is 5.76. The number of piperazine rings is 1. The number of allylic oxidation sites excluding steroid dienone is 1. The Morgan fingerprint density at radius 3 is 2.60 bits per heavy atom. The summed E-state index contributed by atoms with van der Waals surface area (Å²) in [6, 6.07) is 4.54. The minimum Gasteiger partial charge on any atom is -0.402 e. The van der Waals surface area contributed by atoms with Crippen molar-refractivity contribution < 1.29 is 4.79 Å². The van der Waals surface area contributed by atoms with Crippen LogP contribution in [0.15, 0.2) is 17.8 Å². The Morgan fingerprint density at radius 2 is 2.05 bits per heavy atom.